The molecule has 0 aromatic rings. The average molecular weight is 301 g/mol. The Hall–Kier alpha value is -0.153. The van der Waals surface area contributed by atoms with Gasteiger partial charge in [0.15, 0.2) is 9.04 Å². The molecule has 1 atom stereocenters. The van der Waals surface area contributed by atoms with E-state index in [1.807, 2.05) is 0 Å². The van der Waals surface area contributed by atoms with Crippen molar-refractivity contribution in [2.45, 2.75) is 104 Å². The van der Waals surface area contributed by atoms with Gasteiger partial charge in [-0.15, -0.1) is 0 Å². The van der Waals surface area contributed by atoms with Gasteiger partial charge in [-0.25, -0.2) is 0 Å². The molecule has 0 spiro atoms. The van der Waals surface area contributed by atoms with Gasteiger partial charge in [-0.3, -0.25) is 4.79 Å². The Balaban J connectivity index is 4.49. The largest absolute Gasteiger partial charge is 0.416 e. The molecule has 0 amide bonds. The molecule has 1 unspecified atom stereocenters. The van der Waals surface area contributed by atoms with Crippen molar-refractivity contribution in [1.29, 1.82) is 0 Å². The summed E-state index contributed by atoms with van der Waals surface area (Å²) in [6.45, 7) is 13.4. The van der Waals surface area contributed by atoms with E-state index in [-0.39, 0.29) is 6.10 Å². The van der Waals surface area contributed by atoms with Gasteiger partial charge in [0.05, 0.1) is 6.10 Å². The lowest BCUT2D eigenvalue weighted by molar-refractivity contribution is -0.120. The molecule has 0 N–H and O–H groups in total. The minimum absolute atomic E-state index is 0.181. The first-order valence-corrected chi connectivity index (χ1v) is 10.4. The number of hydrogen-bond donors (Lipinski definition) is 0. The quantitative estimate of drug-likeness (QED) is 0.460. The Morgan fingerprint density at radius 1 is 1.00 bits per heavy atom. The molecule has 0 fully saturated rings. The molecule has 0 aromatic carbocycles. The van der Waals surface area contributed by atoms with E-state index in [4.69, 9.17) is 4.43 Å². The summed E-state index contributed by atoms with van der Waals surface area (Å²) in [5, 5.41) is 0. The molecular weight excluding hydrogens is 264 g/mol. The van der Waals surface area contributed by atoms with Crippen molar-refractivity contribution in [1.82, 2.24) is 0 Å². The highest BCUT2D eigenvalue weighted by Crippen LogP contribution is 2.25. The molecule has 0 heterocycles. The first-order valence-electron chi connectivity index (χ1n) is 8.59. The van der Waals surface area contributed by atoms with Crippen molar-refractivity contribution in [2.24, 2.45) is 0 Å². The van der Waals surface area contributed by atoms with Crippen LogP contribution in [0.2, 0.25) is 11.1 Å². The fourth-order valence-corrected chi connectivity index (χ4v) is 5.53. The Morgan fingerprint density at radius 3 is 2.00 bits per heavy atom. The fraction of sp³-hybridized carbons (Fsp3) is 0.941. The summed E-state index contributed by atoms with van der Waals surface area (Å²) in [6, 6.07) is 0. The van der Waals surface area contributed by atoms with Crippen LogP contribution < -0.4 is 0 Å². The summed E-state index contributed by atoms with van der Waals surface area (Å²) < 4.78 is 6.44. The maximum Gasteiger partial charge on any atom is 0.182 e. The zero-order chi connectivity index (χ0) is 15.5. The summed E-state index contributed by atoms with van der Waals surface area (Å²) in [5.74, 6) is 0.396. The van der Waals surface area contributed by atoms with Crippen LogP contribution in [0.15, 0.2) is 0 Å². The van der Waals surface area contributed by atoms with E-state index in [1.54, 1.807) is 0 Å². The van der Waals surface area contributed by atoms with Gasteiger partial charge in [-0.05, 0) is 23.9 Å². The van der Waals surface area contributed by atoms with Crippen LogP contribution in [0.3, 0.4) is 0 Å². The number of carbonyl (C=O) groups excluding carboxylic acids is 1. The predicted molar refractivity (Wildman–Crippen MR) is 90.9 cm³/mol. The topological polar surface area (TPSA) is 26.3 Å². The molecule has 2 nitrogen and oxygen atoms in total. The van der Waals surface area contributed by atoms with Gasteiger partial charge in [-0.2, -0.15) is 0 Å². The van der Waals surface area contributed by atoms with Crippen LogP contribution in [0.4, 0.5) is 0 Å². The molecule has 0 rings (SSSR count). The third-order valence-corrected chi connectivity index (χ3v) is 7.14. The van der Waals surface area contributed by atoms with Crippen molar-refractivity contribution < 1.29 is 9.22 Å². The summed E-state index contributed by atoms with van der Waals surface area (Å²) in [4.78, 5) is 12.0. The van der Waals surface area contributed by atoms with Gasteiger partial charge < -0.3 is 4.43 Å². The van der Waals surface area contributed by atoms with Crippen LogP contribution in [-0.2, 0) is 9.22 Å². The molecule has 0 aliphatic rings. The molecule has 20 heavy (non-hydrogen) atoms. The smallest absolute Gasteiger partial charge is 0.182 e. The molecule has 0 saturated carbocycles. The minimum atomic E-state index is -1.22. The van der Waals surface area contributed by atoms with Crippen LogP contribution in [0.25, 0.3) is 0 Å². The van der Waals surface area contributed by atoms with Crippen molar-refractivity contribution in [3.8, 4) is 0 Å². The Bertz CT molecular complexity index is 243. The SMILES string of the molecule is CCCCC(=O)CC(CCCC)O[SiH](C(C)C)C(C)C. The molecule has 0 aliphatic carbocycles. The first kappa shape index (κ1) is 19.8. The number of hydrogen-bond acceptors (Lipinski definition) is 2. The molecule has 0 aliphatic heterocycles. The lowest BCUT2D eigenvalue weighted by atomic mass is 10.0. The number of ketones is 1. The van der Waals surface area contributed by atoms with Gasteiger partial charge in [0, 0.05) is 12.8 Å². The van der Waals surface area contributed by atoms with E-state index >= 15 is 0 Å². The second-order valence-electron chi connectivity index (χ2n) is 6.70. The molecule has 0 aromatic heterocycles. The van der Waals surface area contributed by atoms with Crippen molar-refractivity contribution in [3.63, 3.8) is 0 Å². The lowest BCUT2D eigenvalue weighted by Crippen LogP contribution is -2.32. The van der Waals surface area contributed by atoms with E-state index in [0.29, 0.717) is 23.3 Å². The molecule has 0 bridgehead atoms. The summed E-state index contributed by atoms with van der Waals surface area (Å²) in [5.41, 5.74) is 1.29. The van der Waals surface area contributed by atoms with Crippen LogP contribution in [0.5, 0.6) is 0 Å². The number of Topliss-reactive ketones (excluding diaryl/α,β-unsaturated/α-hetero) is 1. The normalized spacial score (nSPS) is 13.4. The summed E-state index contributed by atoms with van der Waals surface area (Å²) in [6.07, 6.45) is 7.08. The van der Waals surface area contributed by atoms with Crippen LogP contribution >= 0.6 is 0 Å². The molecular formula is C17H36O2Si. The summed E-state index contributed by atoms with van der Waals surface area (Å²) >= 11 is 0. The molecule has 0 radical (unpaired) electrons. The zero-order valence-electron chi connectivity index (χ0n) is 14.6. The highest BCUT2D eigenvalue weighted by atomic mass is 28.3. The fourth-order valence-electron chi connectivity index (χ4n) is 2.69. The van der Waals surface area contributed by atoms with Gasteiger partial charge in [0.25, 0.3) is 0 Å². The minimum Gasteiger partial charge on any atom is -0.416 e. The van der Waals surface area contributed by atoms with Crippen molar-refractivity contribution in [3.05, 3.63) is 0 Å². The summed E-state index contributed by atoms with van der Waals surface area (Å²) in [7, 11) is -1.22. The predicted octanol–water partition coefficient (Wildman–Crippen LogP) is 5.26. The lowest BCUT2D eigenvalue weighted by Gasteiger charge is -2.29. The van der Waals surface area contributed by atoms with Gasteiger partial charge in [0.1, 0.15) is 5.78 Å². The standard InChI is InChI=1S/C17H36O2Si/c1-7-9-11-16(18)13-17(12-10-8-2)19-20(14(3)4)15(5)6/h14-15,17,20H,7-13H2,1-6H3. The van der Waals surface area contributed by atoms with Gasteiger partial charge in [-0.1, -0.05) is 60.8 Å². The molecule has 120 valence electrons. The Morgan fingerprint density at radius 2 is 1.55 bits per heavy atom. The molecule has 0 saturated heterocycles. The van der Waals surface area contributed by atoms with E-state index in [0.717, 1.165) is 25.7 Å². The number of carbonyl (C=O) groups is 1. The van der Waals surface area contributed by atoms with E-state index in [2.05, 4.69) is 41.5 Å². The van der Waals surface area contributed by atoms with Gasteiger partial charge >= 0.3 is 0 Å². The van der Waals surface area contributed by atoms with E-state index in [9.17, 15) is 4.79 Å². The average Bonchev–Trinajstić information content (AvgIpc) is 2.38. The monoisotopic (exact) mass is 300 g/mol. The third kappa shape index (κ3) is 8.91. The van der Waals surface area contributed by atoms with Crippen LogP contribution in [0, 0.1) is 0 Å². The van der Waals surface area contributed by atoms with Gasteiger partial charge in [0.2, 0.25) is 0 Å². The van der Waals surface area contributed by atoms with E-state index < -0.39 is 9.04 Å². The second kappa shape index (κ2) is 11.5. The Labute approximate surface area is 128 Å². The maximum atomic E-state index is 12.0. The third-order valence-electron chi connectivity index (χ3n) is 3.81. The zero-order valence-corrected chi connectivity index (χ0v) is 15.7. The van der Waals surface area contributed by atoms with Crippen LogP contribution in [-0.4, -0.2) is 20.9 Å². The molecule has 3 heteroatoms. The van der Waals surface area contributed by atoms with Crippen LogP contribution in [0.1, 0.15) is 86.5 Å². The second-order valence-corrected chi connectivity index (χ2v) is 10.6. The van der Waals surface area contributed by atoms with E-state index in [1.165, 1.54) is 12.8 Å². The highest BCUT2D eigenvalue weighted by Gasteiger charge is 2.25. The van der Waals surface area contributed by atoms with Crippen molar-refractivity contribution in [2.75, 3.05) is 0 Å². The first-order chi connectivity index (χ1) is 9.42. The maximum absolute atomic E-state index is 12.0. The highest BCUT2D eigenvalue weighted by molar-refractivity contribution is 6.55. The van der Waals surface area contributed by atoms with Crippen molar-refractivity contribution >= 4 is 14.8 Å². The Kier molecular flexibility index (Phi) is 11.4. The number of rotatable bonds is 12. The number of unbranched alkanes of at least 4 members (excludes halogenated alkanes) is 2.